The number of aliphatic hydroxyl groups excluding tert-OH is 2. The number of fused-ring (bicyclic) bond motifs is 1. The molecule has 4 rings (SSSR count). The molecule has 0 spiro atoms. The second kappa shape index (κ2) is 13.3. The molecule has 0 radical (unpaired) electrons. The largest absolute Gasteiger partial charge is 1.00 e. The molecule has 0 heterocycles. The first-order valence-corrected chi connectivity index (χ1v) is 11.9. The number of halogens is 2. The Balaban J connectivity index is 0.00000400. The number of carboxylic acid groups (broad SMARTS) is 1. The minimum atomic E-state index is -1.41. The molecule has 4 aromatic rings. The second-order valence-electron chi connectivity index (χ2n) is 9.11. The molecule has 0 amide bonds. The summed E-state index contributed by atoms with van der Waals surface area (Å²) in [7, 11) is 0. The SMILES string of the molecule is Cc1c(OCC(O)C[C@@H](O)CC(=O)[O-])c(C(c2ccc(F)cc2)c2ccc(F)cc2)cc2ccccc12.[Na+]. The maximum Gasteiger partial charge on any atom is 1.00 e. The van der Waals surface area contributed by atoms with E-state index in [9.17, 15) is 28.9 Å². The predicted octanol–water partition coefficient (Wildman–Crippen LogP) is 1.24. The number of benzene rings is 4. The molecule has 0 fully saturated rings. The summed E-state index contributed by atoms with van der Waals surface area (Å²) in [6.07, 6.45) is -3.20. The summed E-state index contributed by atoms with van der Waals surface area (Å²) in [4.78, 5) is 10.7. The molecule has 2 atom stereocenters. The van der Waals surface area contributed by atoms with Crippen molar-refractivity contribution in [1.29, 1.82) is 0 Å². The van der Waals surface area contributed by atoms with Crippen molar-refractivity contribution in [3.05, 3.63) is 113 Å². The molecule has 0 saturated heterocycles. The quantitative estimate of drug-likeness (QED) is 0.239. The van der Waals surface area contributed by atoms with Crippen molar-refractivity contribution in [1.82, 2.24) is 0 Å². The first-order chi connectivity index (χ1) is 17.7. The summed E-state index contributed by atoms with van der Waals surface area (Å²) in [5.74, 6) is -2.13. The molecule has 0 bridgehead atoms. The van der Waals surface area contributed by atoms with Crippen molar-refractivity contribution in [3.63, 3.8) is 0 Å². The average Bonchev–Trinajstić information content (AvgIpc) is 2.85. The van der Waals surface area contributed by atoms with Gasteiger partial charge < -0.3 is 24.9 Å². The van der Waals surface area contributed by atoms with Gasteiger partial charge in [0.15, 0.2) is 0 Å². The fourth-order valence-corrected chi connectivity index (χ4v) is 4.64. The van der Waals surface area contributed by atoms with Gasteiger partial charge in [0.05, 0.1) is 12.2 Å². The maximum atomic E-state index is 13.8. The summed E-state index contributed by atoms with van der Waals surface area (Å²) in [5, 5.41) is 32.9. The third-order valence-electron chi connectivity index (χ3n) is 6.36. The normalized spacial score (nSPS) is 12.7. The molecule has 1 unspecified atom stereocenters. The van der Waals surface area contributed by atoms with Crippen LogP contribution in [0.5, 0.6) is 5.75 Å². The number of aliphatic hydroxyl groups is 2. The van der Waals surface area contributed by atoms with Gasteiger partial charge in [-0.3, -0.25) is 0 Å². The Labute approximate surface area is 242 Å². The molecule has 2 N–H and O–H groups in total. The molecule has 192 valence electrons. The van der Waals surface area contributed by atoms with Crippen molar-refractivity contribution >= 4 is 16.7 Å². The number of carbonyl (C=O) groups excluding carboxylic acids is 1. The van der Waals surface area contributed by atoms with Crippen LogP contribution < -0.4 is 39.4 Å². The third kappa shape index (κ3) is 7.18. The monoisotopic (exact) mass is 528 g/mol. The standard InChI is InChI=1S/C30H28F2O5.Na/c1-18-26-5-3-2-4-21(26)14-27(30(18)37-17-25(34)15-24(33)16-28(35)36)29(19-6-10-22(31)11-7-19)20-8-12-23(32)13-9-20;/h2-14,24-25,29,33-34H,15-17H2,1H3,(H,35,36);/q;+1/p-1/t24-,25?;/m1./s1. The zero-order valence-electron chi connectivity index (χ0n) is 21.2. The molecule has 0 aliphatic heterocycles. The summed E-state index contributed by atoms with van der Waals surface area (Å²) in [5.41, 5.74) is 3.07. The summed E-state index contributed by atoms with van der Waals surface area (Å²) in [6.45, 7) is 1.70. The van der Waals surface area contributed by atoms with Crippen LogP contribution in [-0.2, 0) is 4.79 Å². The Bertz CT molecular complexity index is 1330. The maximum absolute atomic E-state index is 13.8. The molecular weight excluding hydrogens is 501 g/mol. The Morgan fingerprint density at radius 3 is 2.00 bits per heavy atom. The van der Waals surface area contributed by atoms with E-state index in [1.165, 1.54) is 24.3 Å². The third-order valence-corrected chi connectivity index (χ3v) is 6.36. The first-order valence-electron chi connectivity index (χ1n) is 11.9. The predicted molar refractivity (Wildman–Crippen MR) is 134 cm³/mol. The van der Waals surface area contributed by atoms with E-state index in [0.29, 0.717) is 5.75 Å². The van der Waals surface area contributed by atoms with E-state index in [-0.39, 0.29) is 54.2 Å². The fraction of sp³-hybridized carbons (Fsp3) is 0.233. The number of carboxylic acids is 1. The van der Waals surface area contributed by atoms with E-state index >= 15 is 0 Å². The van der Waals surface area contributed by atoms with Gasteiger partial charge in [-0.25, -0.2) is 8.78 Å². The van der Waals surface area contributed by atoms with E-state index in [4.69, 9.17) is 4.74 Å². The number of aliphatic carboxylic acids is 1. The summed E-state index contributed by atoms with van der Waals surface area (Å²) in [6, 6.07) is 21.8. The molecule has 38 heavy (non-hydrogen) atoms. The zero-order valence-corrected chi connectivity index (χ0v) is 23.2. The van der Waals surface area contributed by atoms with E-state index in [1.54, 1.807) is 24.3 Å². The Hall–Kier alpha value is -2.81. The van der Waals surface area contributed by atoms with Gasteiger partial charge >= 0.3 is 29.6 Å². The van der Waals surface area contributed by atoms with Crippen LogP contribution in [0, 0.1) is 18.6 Å². The molecule has 0 aliphatic carbocycles. The Morgan fingerprint density at radius 1 is 0.895 bits per heavy atom. The van der Waals surface area contributed by atoms with Gasteiger partial charge in [-0.15, -0.1) is 0 Å². The molecule has 4 aromatic carbocycles. The fourth-order valence-electron chi connectivity index (χ4n) is 4.64. The van der Waals surface area contributed by atoms with E-state index < -0.39 is 30.5 Å². The molecular formula is C30H27F2NaO5. The van der Waals surface area contributed by atoms with Crippen molar-refractivity contribution < 1.29 is 63.2 Å². The smallest absolute Gasteiger partial charge is 0.550 e. The molecule has 0 saturated carbocycles. The summed E-state index contributed by atoms with van der Waals surface area (Å²) >= 11 is 0. The topological polar surface area (TPSA) is 89.8 Å². The number of aryl methyl sites for hydroxylation is 1. The first kappa shape index (κ1) is 29.7. The van der Waals surface area contributed by atoms with Gasteiger partial charge in [-0.05, 0) is 64.7 Å². The summed E-state index contributed by atoms with van der Waals surface area (Å²) < 4.78 is 33.7. The van der Waals surface area contributed by atoms with Crippen LogP contribution in [0.3, 0.4) is 0 Å². The average molecular weight is 529 g/mol. The van der Waals surface area contributed by atoms with Crippen molar-refractivity contribution in [2.24, 2.45) is 0 Å². The molecule has 5 nitrogen and oxygen atoms in total. The number of ether oxygens (including phenoxy) is 1. The van der Waals surface area contributed by atoms with Crippen LogP contribution in [0.1, 0.15) is 41.0 Å². The van der Waals surface area contributed by atoms with Crippen molar-refractivity contribution in [3.8, 4) is 5.75 Å². The minimum absolute atomic E-state index is 0. The molecule has 0 aliphatic rings. The van der Waals surface area contributed by atoms with Gasteiger partial charge in [0, 0.05) is 30.3 Å². The zero-order chi connectivity index (χ0) is 26.5. The van der Waals surface area contributed by atoms with Gasteiger partial charge in [0.2, 0.25) is 0 Å². The minimum Gasteiger partial charge on any atom is -0.550 e. The van der Waals surface area contributed by atoms with E-state index in [0.717, 1.165) is 33.0 Å². The van der Waals surface area contributed by atoms with Gasteiger partial charge in [0.25, 0.3) is 0 Å². The second-order valence-corrected chi connectivity index (χ2v) is 9.11. The molecule has 0 aromatic heterocycles. The van der Waals surface area contributed by atoms with Crippen LogP contribution in [-0.4, -0.2) is 35.0 Å². The van der Waals surface area contributed by atoms with Gasteiger partial charge in [-0.1, -0.05) is 48.5 Å². The number of hydrogen-bond acceptors (Lipinski definition) is 5. The number of carbonyl (C=O) groups is 1. The number of hydrogen-bond donors (Lipinski definition) is 2. The van der Waals surface area contributed by atoms with Crippen molar-refractivity contribution in [2.75, 3.05) is 6.61 Å². The van der Waals surface area contributed by atoms with Gasteiger partial charge in [0.1, 0.15) is 24.0 Å². The van der Waals surface area contributed by atoms with Crippen LogP contribution in [0.2, 0.25) is 0 Å². The van der Waals surface area contributed by atoms with Crippen LogP contribution in [0.15, 0.2) is 78.9 Å². The van der Waals surface area contributed by atoms with E-state index in [1.807, 2.05) is 37.3 Å². The van der Waals surface area contributed by atoms with Crippen molar-refractivity contribution in [2.45, 2.75) is 37.9 Å². The molecule has 8 heteroatoms. The number of rotatable bonds is 10. The van der Waals surface area contributed by atoms with Crippen LogP contribution in [0.4, 0.5) is 8.78 Å². The Kier molecular flexibility index (Phi) is 10.4. The van der Waals surface area contributed by atoms with Gasteiger partial charge in [-0.2, -0.15) is 0 Å². The van der Waals surface area contributed by atoms with Crippen LogP contribution >= 0.6 is 0 Å². The Morgan fingerprint density at radius 2 is 1.45 bits per heavy atom. The van der Waals surface area contributed by atoms with E-state index in [2.05, 4.69) is 0 Å². The van der Waals surface area contributed by atoms with Crippen LogP contribution in [0.25, 0.3) is 10.8 Å².